The van der Waals surface area contributed by atoms with E-state index < -0.39 is 10.0 Å². The van der Waals surface area contributed by atoms with E-state index in [1.165, 1.54) is 0 Å². The van der Waals surface area contributed by atoms with E-state index >= 15 is 0 Å². The molecule has 0 aromatic heterocycles. The van der Waals surface area contributed by atoms with Crippen LogP contribution in [0, 0.1) is 0 Å². The van der Waals surface area contributed by atoms with Gasteiger partial charge in [0.2, 0.25) is 10.0 Å². The molecule has 0 amide bonds. The summed E-state index contributed by atoms with van der Waals surface area (Å²) in [7, 11) is -3.12. The van der Waals surface area contributed by atoms with Crippen LogP contribution in [-0.4, -0.2) is 36.3 Å². The van der Waals surface area contributed by atoms with E-state index in [4.69, 9.17) is 0 Å². The van der Waals surface area contributed by atoms with Crippen LogP contribution in [0.3, 0.4) is 0 Å². The number of thioether (sulfide) groups is 1. The van der Waals surface area contributed by atoms with Crippen molar-refractivity contribution in [1.82, 2.24) is 4.31 Å². The number of benzene rings is 1. The third-order valence-electron chi connectivity index (χ3n) is 3.40. The quantitative estimate of drug-likeness (QED) is 0.838. The van der Waals surface area contributed by atoms with E-state index in [0.717, 1.165) is 17.7 Å². The topological polar surface area (TPSA) is 37.4 Å². The molecule has 2 atom stereocenters. The van der Waals surface area contributed by atoms with Gasteiger partial charge in [-0.25, -0.2) is 8.42 Å². The van der Waals surface area contributed by atoms with Crippen LogP contribution in [0.1, 0.15) is 12.0 Å². The van der Waals surface area contributed by atoms with Crippen LogP contribution in [0.25, 0.3) is 0 Å². The predicted octanol–water partition coefficient (Wildman–Crippen LogP) is 1.71. The molecule has 2 fully saturated rings. The average molecular weight is 269 g/mol. The monoisotopic (exact) mass is 269 g/mol. The first-order valence-corrected chi connectivity index (χ1v) is 8.46. The van der Waals surface area contributed by atoms with Gasteiger partial charge in [0.25, 0.3) is 0 Å². The number of fused-ring (bicyclic) bond motifs is 2. The van der Waals surface area contributed by atoms with Gasteiger partial charge >= 0.3 is 0 Å². The molecule has 3 rings (SSSR count). The van der Waals surface area contributed by atoms with Gasteiger partial charge in [-0.3, -0.25) is 0 Å². The smallest absolute Gasteiger partial charge is 0.212 e. The fraction of sp³-hybridized carbons (Fsp3) is 0.500. The largest absolute Gasteiger partial charge is 0.218 e. The SMILES string of the molecule is O=S(=O)(Cc1ccccc1)N1CC2CC1CS2. The first-order valence-electron chi connectivity index (χ1n) is 5.80. The van der Waals surface area contributed by atoms with Crippen LogP contribution in [0.2, 0.25) is 0 Å². The Morgan fingerprint density at radius 1 is 1.29 bits per heavy atom. The van der Waals surface area contributed by atoms with Crippen molar-refractivity contribution >= 4 is 21.8 Å². The molecule has 5 heteroatoms. The highest BCUT2D eigenvalue weighted by Crippen LogP contribution is 2.39. The molecule has 2 aliphatic heterocycles. The number of nitrogens with zero attached hydrogens (tertiary/aromatic N) is 1. The lowest BCUT2D eigenvalue weighted by molar-refractivity contribution is 0.409. The summed E-state index contributed by atoms with van der Waals surface area (Å²) in [6.07, 6.45) is 1.04. The third kappa shape index (κ3) is 2.23. The molecule has 0 radical (unpaired) electrons. The maximum Gasteiger partial charge on any atom is 0.218 e. The third-order valence-corrected chi connectivity index (χ3v) is 6.65. The van der Waals surface area contributed by atoms with E-state index in [-0.39, 0.29) is 11.8 Å². The van der Waals surface area contributed by atoms with Crippen LogP contribution in [0.5, 0.6) is 0 Å². The first-order chi connectivity index (χ1) is 8.15. The summed E-state index contributed by atoms with van der Waals surface area (Å²) in [6.45, 7) is 0.713. The van der Waals surface area contributed by atoms with Crippen LogP contribution < -0.4 is 0 Å². The number of sulfonamides is 1. The number of rotatable bonds is 3. The molecule has 2 aliphatic rings. The Bertz CT molecular complexity index is 500. The molecule has 1 aromatic rings. The second-order valence-electron chi connectivity index (χ2n) is 4.66. The Morgan fingerprint density at radius 2 is 2.06 bits per heavy atom. The lowest BCUT2D eigenvalue weighted by Gasteiger charge is -2.25. The Labute approximate surface area is 106 Å². The van der Waals surface area contributed by atoms with Gasteiger partial charge in [0.1, 0.15) is 0 Å². The van der Waals surface area contributed by atoms with E-state index in [9.17, 15) is 8.42 Å². The lowest BCUT2D eigenvalue weighted by Crippen LogP contribution is -2.39. The van der Waals surface area contributed by atoms with Crippen molar-refractivity contribution in [3.05, 3.63) is 35.9 Å². The fourth-order valence-corrected chi connectivity index (χ4v) is 6.00. The highest BCUT2D eigenvalue weighted by molar-refractivity contribution is 8.00. The van der Waals surface area contributed by atoms with Gasteiger partial charge in [0.15, 0.2) is 0 Å². The summed E-state index contributed by atoms with van der Waals surface area (Å²) in [5.41, 5.74) is 0.878. The predicted molar refractivity (Wildman–Crippen MR) is 70.4 cm³/mol. The van der Waals surface area contributed by atoms with E-state index in [2.05, 4.69) is 0 Å². The summed E-state index contributed by atoms with van der Waals surface area (Å²) in [4.78, 5) is 0. The minimum Gasteiger partial charge on any atom is -0.212 e. The molecule has 2 bridgehead atoms. The fourth-order valence-electron chi connectivity index (χ4n) is 2.57. The summed E-state index contributed by atoms with van der Waals surface area (Å²) in [5.74, 6) is 1.11. The average Bonchev–Trinajstić information content (AvgIpc) is 2.91. The zero-order valence-electron chi connectivity index (χ0n) is 9.45. The van der Waals surface area contributed by atoms with Gasteiger partial charge in [-0.15, -0.1) is 0 Å². The molecular weight excluding hydrogens is 254 g/mol. The normalized spacial score (nSPS) is 28.7. The second kappa shape index (κ2) is 4.30. The standard InChI is InChI=1S/C12H15NO2S2/c14-17(15,9-10-4-2-1-3-5-10)13-7-12-6-11(13)8-16-12/h1-5,11-12H,6-9H2. The Hall–Kier alpha value is -0.520. The molecule has 2 heterocycles. The number of hydrogen-bond acceptors (Lipinski definition) is 3. The van der Waals surface area contributed by atoms with Gasteiger partial charge in [-0.05, 0) is 12.0 Å². The molecule has 0 aliphatic carbocycles. The van der Waals surface area contributed by atoms with Gasteiger partial charge in [-0.1, -0.05) is 30.3 Å². The maximum atomic E-state index is 12.3. The Morgan fingerprint density at radius 3 is 2.65 bits per heavy atom. The molecule has 3 nitrogen and oxygen atoms in total. The summed E-state index contributed by atoms with van der Waals surface area (Å²) >= 11 is 1.91. The van der Waals surface area contributed by atoms with Gasteiger partial charge < -0.3 is 0 Å². The van der Waals surface area contributed by atoms with Crippen molar-refractivity contribution in [2.24, 2.45) is 0 Å². The molecule has 1 aromatic carbocycles. The Kier molecular flexibility index (Phi) is 2.92. The molecule has 17 heavy (non-hydrogen) atoms. The molecule has 0 saturated carbocycles. The Balaban J connectivity index is 1.78. The summed E-state index contributed by atoms with van der Waals surface area (Å²) in [5, 5.41) is 0.533. The van der Waals surface area contributed by atoms with Crippen molar-refractivity contribution in [3.63, 3.8) is 0 Å². The molecule has 2 unspecified atom stereocenters. The molecule has 0 spiro atoms. The van der Waals surface area contributed by atoms with Crippen molar-refractivity contribution in [2.45, 2.75) is 23.5 Å². The molecule has 0 N–H and O–H groups in total. The van der Waals surface area contributed by atoms with Crippen LogP contribution in [0.15, 0.2) is 30.3 Å². The minimum absolute atomic E-state index is 0.141. The maximum absolute atomic E-state index is 12.3. The van der Waals surface area contributed by atoms with E-state index in [1.54, 1.807) is 4.31 Å². The minimum atomic E-state index is -3.12. The van der Waals surface area contributed by atoms with Crippen molar-refractivity contribution in [2.75, 3.05) is 12.3 Å². The zero-order valence-corrected chi connectivity index (χ0v) is 11.1. The summed E-state index contributed by atoms with van der Waals surface area (Å²) in [6, 6.07) is 9.68. The van der Waals surface area contributed by atoms with Crippen molar-refractivity contribution in [3.8, 4) is 0 Å². The molecular formula is C12H15NO2S2. The van der Waals surface area contributed by atoms with Gasteiger partial charge in [0.05, 0.1) is 5.75 Å². The zero-order chi connectivity index (χ0) is 11.9. The van der Waals surface area contributed by atoms with Gasteiger partial charge in [-0.2, -0.15) is 16.1 Å². The highest BCUT2D eigenvalue weighted by atomic mass is 32.2. The van der Waals surface area contributed by atoms with Crippen molar-refractivity contribution < 1.29 is 8.42 Å². The second-order valence-corrected chi connectivity index (χ2v) is 7.91. The van der Waals surface area contributed by atoms with Gasteiger partial charge in [0, 0.05) is 23.6 Å². The highest BCUT2D eigenvalue weighted by Gasteiger charge is 2.44. The van der Waals surface area contributed by atoms with Crippen molar-refractivity contribution in [1.29, 1.82) is 0 Å². The van der Waals surface area contributed by atoms with Crippen LogP contribution >= 0.6 is 11.8 Å². The summed E-state index contributed by atoms with van der Waals surface area (Å²) < 4.78 is 26.3. The molecule has 2 saturated heterocycles. The van der Waals surface area contributed by atoms with E-state index in [0.29, 0.717) is 11.8 Å². The first kappa shape index (κ1) is 11.6. The lowest BCUT2D eigenvalue weighted by atomic mass is 10.2. The van der Waals surface area contributed by atoms with Crippen LogP contribution in [-0.2, 0) is 15.8 Å². The van der Waals surface area contributed by atoms with Crippen LogP contribution in [0.4, 0.5) is 0 Å². The molecule has 92 valence electrons. The van der Waals surface area contributed by atoms with E-state index in [1.807, 2.05) is 42.1 Å². The number of hydrogen-bond donors (Lipinski definition) is 0.